The van der Waals surface area contributed by atoms with Gasteiger partial charge in [0.25, 0.3) is 0 Å². The minimum Gasteiger partial charge on any atom is -0.507 e. The lowest BCUT2D eigenvalue weighted by molar-refractivity contribution is -0.277. The Morgan fingerprint density at radius 3 is 2.59 bits per heavy atom. The van der Waals surface area contributed by atoms with Crippen LogP contribution in [0.25, 0.3) is 0 Å². The van der Waals surface area contributed by atoms with Crippen LogP contribution in [0, 0.1) is 5.92 Å². The summed E-state index contributed by atoms with van der Waals surface area (Å²) in [6, 6.07) is 4.06. The number of phenols is 1. The molecule has 1 heterocycles. The number of hydrogen-bond acceptors (Lipinski definition) is 11. The van der Waals surface area contributed by atoms with E-state index in [1.54, 1.807) is 24.3 Å². The van der Waals surface area contributed by atoms with Gasteiger partial charge in [-0.15, -0.1) is 0 Å². The molecule has 11 heteroatoms. The van der Waals surface area contributed by atoms with Crippen LogP contribution in [-0.2, 0) is 14.3 Å². The lowest BCUT2D eigenvalue weighted by Crippen LogP contribution is -2.60. The number of hydrogen-bond donors (Lipinski definition) is 6. The second-order valence-electron chi connectivity index (χ2n) is 7.73. The molecular weight excluding hydrogens is 450 g/mol. The summed E-state index contributed by atoms with van der Waals surface area (Å²) in [4.78, 5) is 24.1. The van der Waals surface area contributed by atoms with Crippen LogP contribution in [0.4, 0.5) is 0 Å². The molecule has 1 aliphatic heterocycles. The standard InChI is InChI=1S/C23H27NO10/c24-10-18(28)32-13-7-4-12(5-8-13)6-9-15(27)19-14(26)2-1-3-16(19)33-23-22(31)21(30)20(29)17(11-25)34-23/h1-4,6-9,12,17,20-23,25-26,29-31H,5,10-11,24H2/t12?,17-,20-,21+,22-,23-/m1/s1. The zero-order valence-corrected chi connectivity index (χ0v) is 18.1. The van der Waals surface area contributed by atoms with Gasteiger partial charge in [-0.05, 0) is 42.7 Å². The molecule has 34 heavy (non-hydrogen) atoms. The smallest absolute Gasteiger partial charge is 0.325 e. The minimum atomic E-state index is -1.68. The van der Waals surface area contributed by atoms with Crippen LogP contribution in [0.5, 0.6) is 11.5 Å². The van der Waals surface area contributed by atoms with E-state index in [9.17, 15) is 35.1 Å². The molecule has 11 nitrogen and oxygen atoms in total. The lowest BCUT2D eigenvalue weighted by atomic mass is 9.98. The van der Waals surface area contributed by atoms with Gasteiger partial charge in [-0.25, -0.2) is 0 Å². The van der Waals surface area contributed by atoms with Crippen LogP contribution in [0.2, 0.25) is 0 Å². The van der Waals surface area contributed by atoms with Crippen LogP contribution in [0.3, 0.4) is 0 Å². The first-order chi connectivity index (χ1) is 16.2. The SMILES string of the molecule is NCC(=O)OC1=CCC(C=CC(=O)c2c(O)cccc2O[C@@H]2O[C@H](CO)[C@@H](O)[C@H](O)[C@H]2O)C=C1. The Balaban J connectivity index is 1.72. The van der Waals surface area contributed by atoms with Crippen molar-refractivity contribution in [2.24, 2.45) is 11.7 Å². The van der Waals surface area contributed by atoms with Crippen LogP contribution in [-0.4, -0.2) is 81.1 Å². The van der Waals surface area contributed by atoms with Crippen molar-refractivity contribution in [1.82, 2.24) is 0 Å². The number of esters is 1. The van der Waals surface area contributed by atoms with E-state index in [4.69, 9.17) is 19.9 Å². The van der Waals surface area contributed by atoms with E-state index < -0.39 is 49.1 Å². The zero-order valence-electron chi connectivity index (χ0n) is 18.1. The monoisotopic (exact) mass is 477 g/mol. The van der Waals surface area contributed by atoms with Gasteiger partial charge in [-0.2, -0.15) is 0 Å². The van der Waals surface area contributed by atoms with E-state index in [1.807, 2.05) is 0 Å². The van der Waals surface area contributed by atoms with Gasteiger partial charge in [-0.1, -0.05) is 18.2 Å². The normalized spacial score (nSPS) is 29.0. The third-order valence-electron chi connectivity index (χ3n) is 5.33. The first-order valence-corrected chi connectivity index (χ1v) is 10.6. The fourth-order valence-electron chi connectivity index (χ4n) is 3.46. The van der Waals surface area contributed by atoms with Crippen LogP contribution in [0.15, 0.2) is 54.3 Å². The molecule has 6 atom stereocenters. The molecule has 0 radical (unpaired) electrons. The van der Waals surface area contributed by atoms with Crippen molar-refractivity contribution in [3.63, 3.8) is 0 Å². The average molecular weight is 477 g/mol. The first kappa shape index (κ1) is 25.6. The van der Waals surface area contributed by atoms with Gasteiger partial charge in [0.2, 0.25) is 6.29 Å². The third-order valence-corrected chi connectivity index (χ3v) is 5.33. The Morgan fingerprint density at radius 2 is 1.94 bits per heavy atom. The zero-order chi connectivity index (χ0) is 24.8. The number of benzene rings is 1. The number of aliphatic hydroxyl groups is 4. The van der Waals surface area contributed by atoms with Gasteiger partial charge in [0, 0.05) is 0 Å². The van der Waals surface area contributed by atoms with E-state index in [0.717, 1.165) is 0 Å². The molecule has 0 spiro atoms. The van der Waals surface area contributed by atoms with Gasteiger partial charge >= 0.3 is 5.97 Å². The molecule has 1 saturated heterocycles. The van der Waals surface area contributed by atoms with Gasteiger partial charge in [0.1, 0.15) is 47.2 Å². The highest BCUT2D eigenvalue weighted by Gasteiger charge is 2.45. The maximum absolute atomic E-state index is 12.9. The van der Waals surface area contributed by atoms with Gasteiger partial charge < -0.3 is 45.5 Å². The number of ether oxygens (including phenoxy) is 3. The van der Waals surface area contributed by atoms with E-state index in [1.165, 1.54) is 24.3 Å². The highest BCUT2D eigenvalue weighted by Crippen LogP contribution is 2.32. The Morgan fingerprint density at radius 1 is 1.18 bits per heavy atom. The van der Waals surface area contributed by atoms with Crippen molar-refractivity contribution in [3.05, 3.63) is 59.9 Å². The highest BCUT2D eigenvalue weighted by atomic mass is 16.7. The van der Waals surface area contributed by atoms with Crippen LogP contribution in [0.1, 0.15) is 16.8 Å². The number of aliphatic hydroxyl groups excluding tert-OH is 4. The van der Waals surface area contributed by atoms with Crippen LogP contribution >= 0.6 is 0 Å². The molecular formula is C23H27NO10. The number of carbonyl (C=O) groups excluding carboxylic acids is 2. The molecule has 0 amide bonds. The minimum absolute atomic E-state index is 0.131. The van der Waals surface area contributed by atoms with Crippen molar-refractivity contribution < 1.29 is 49.3 Å². The summed E-state index contributed by atoms with van der Waals surface area (Å²) in [5.74, 6) is -1.49. The fraction of sp³-hybridized carbons (Fsp3) is 0.391. The molecule has 1 aromatic rings. The fourth-order valence-corrected chi connectivity index (χ4v) is 3.46. The summed E-state index contributed by atoms with van der Waals surface area (Å²) < 4.78 is 15.9. The Hall–Kier alpha value is -3.06. The van der Waals surface area contributed by atoms with Crippen molar-refractivity contribution in [3.8, 4) is 11.5 Å². The third kappa shape index (κ3) is 5.89. The number of phenolic OH excluding ortho intramolecular Hbond substituents is 1. The predicted molar refractivity (Wildman–Crippen MR) is 116 cm³/mol. The maximum atomic E-state index is 12.9. The molecule has 7 N–H and O–H groups in total. The van der Waals surface area contributed by atoms with Crippen molar-refractivity contribution in [2.75, 3.05) is 13.2 Å². The highest BCUT2D eigenvalue weighted by molar-refractivity contribution is 6.08. The molecule has 184 valence electrons. The topological polar surface area (TPSA) is 189 Å². The van der Waals surface area contributed by atoms with E-state index in [-0.39, 0.29) is 29.5 Å². The number of nitrogens with two attached hydrogens (primary N) is 1. The molecule has 0 saturated carbocycles. The second-order valence-corrected chi connectivity index (χ2v) is 7.73. The Bertz CT molecular complexity index is 986. The molecule has 1 fully saturated rings. The number of allylic oxidation sites excluding steroid dienone is 5. The Kier molecular flexibility index (Phi) is 8.56. The lowest BCUT2D eigenvalue weighted by Gasteiger charge is -2.39. The molecule has 0 aromatic heterocycles. The summed E-state index contributed by atoms with van der Waals surface area (Å²) in [6.45, 7) is -0.882. The van der Waals surface area contributed by atoms with Crippen molar-refractivity contribution >= 4 is 11.8 Å². The number of carbonyl (C=O) groups is 2. The van der Waals surface area contributed by atoms with E-state index in [0.29, 0.717) is 12.2 Å². The summed E-state index contributed by atoms with van der Waals surface area (Å²) >= 11 is 0. The van der Waals surface area contributed by atoms with Crippen molar-refractivity contribution in [1.29, 1.82) is 0 Å². The molecule has 0 bridgehead atoms. The summed E-state index contributed by atoms with van der Waals surface area (Å²) in [7, 11) is 0. The quantitative estimate of drug-likeness (QED) is 0.157. The maximum Gasteiger partial charge on any atom is 0.325 e. The number of aromatic hydroxyl groups is 1. The molecule has 2 aliphatic rings. The Labute approximate surface area is 195 Å². The van der Waals surface area contributed by atoms with E-state index in [2.05, 4.69) is 0 Å². The predicted octanol–water partition coefficient (Wildman–Crippen LogP) is -0.728. The van der Waals surface area contributed by atoms with Crippen LogP contribution < -0.4 is 10.5 Å². The van der Waals surface area contributed by atoms with Crippen molar-refractivity contribution in [2.45, 2.75) is 37.1 Å². The molecule has 3 rings (SSSR count). The first-order valence-electron chi connectivity index (χ1n) is 10.6. The average Bonchev–Trinajstić information content (AvgIpc) is 2.83. The summed E-state index contributed by atoms with van der Waals surface area (Å²) in [5.41, 5.74) is 5.00. The summed E-state index contributed by atoms with van der Waals surface area (Å²) in [6.07, 6.45) is 0.689. The number of rotatable bonds is 8. The largest absolute Gasteiger partial charge is 0.507 e. The van der Waals surface area contributed by atoms with Gasteiger partial charge in [0.05, 0.1) is 13.2 Å². The molecule has 1 unspecified atom stereocenters. The molecule has 1 aliphatic carbocycles. The second kappa shape index (κ2) is 11.4. The van der Waals surface area contributed by atoms with Gasteiger partial charge in [0.15, 0.2) is 5.78 Å². The summed E-state index contributed by atoms with van der Waals surface area (Å²) in [5, 5.41) is 49.6. The molecule has 1 aromatic carbocycles. The van der Waals surface area contributed by atoms with Gasteiger partial charge in [-0.3, -0.25) is 9.59 Å². The number of ketones is 1. The van der Waals surface area contributed by atoms with E-state index >= 15 is 0 Å².